The second kappa shape index (κ2) is 6.17. The number of nitrogens with two attached hydrogens (primary N) is 1. The van der Waals surface area contributed by atoms with Gasteiger partial charge in [-0.2, -0.15) is 0 Å². The highest BCUT2D eigenvalue weighted by Gasteiger charge is 2.26. The van der Waals surface area contributed by atoms with Crippen LogP contribution in [0.25, 0.3) is 0 Å². The number of aromatic carboxylic acids is 1. The van der Waals surface area contributed by atoms with E-state index in [0.29, 0.717) is 12.3 Å². The lowest BCUT2D eigenvalue weighted by Gasteiger charge is -2.32. The topological polar surface area (TPSA) is 75.3 Å². The zero-order chi connectivity index (χ0) is 15.5. The lowest BCUT2D eigenvalue weighted by Crippen LogP contribution is -2.44. The van der Waals surface area contributed by atoms with Crippen LogP contribution in [0.4, 0.5) is 14.5 Å². The van der Waals surface area contributed by atoms with E-state index in [4.69, 9.17) is 10.8 Å². The third-order valence-corrected chi connectivity index (χ3v) is 3.06. The summed E-state index contributed by atoms with van der Waals surface area (Å²) in [5, 5.41) is 11.6. The summed E-state index contributed by atoms with van der Waals surface area (Å²) >= 11 is 0. The van der Waals surface area contributed by atoms with Crippen molar-refractivity contribution in [2.24, 2.45) is 11.7 Å². The molecule has 1 aromatic carbocycles. The summed E-state index contributed by atoms with van der Waals surface area (Å²) < 4.78 is 27.5. The molecule has 0 aromatic heterocycles. The molecule has 0 aliphatic rings. The average Bonchev–Trinajstić information content (AvgIpc) is 2.34. The zero-order valence-corrected chi connectivity index (χ0v) is 11.8. The van der Waals surface area contributed by atoms with Gasteiger partial charge in [-0.15, -0.1) is 0 Å². The van der Waals surface area contributed by atoms with E-state index in [1.807, 2.05) is 20.8 Å². The van der Waals surface area contributed by atoms with Crippen molar-refractivity contribution in [3.8, 4) is 0 Å². The van der Waals surface area contributed by atoms with E-state index in [0.717, 1.165) is 6.07 Å². The number of carboxylic acids is 1. The van der Waals surface area contributed by atoms with Crippen LogP contribution >= 0.6 is 0 Å². The molecule has 112 valence electrons. The lowest BCUT2D eigenvalue weighted by molar-refractivity contribution is 0.0690. The van der Waals surface area contributed by atoms with Gasteiger partial charge in [0.05, 0.1) is 11.3 Å². The summed E-state index contributed by atoms with van der Waals surface area (Å²) in [5.74, 6) is -3.75. The maximum atomic E-state index is 13.9. The monoisotopic (exact) mass is 286 g/mol. The first-order valence-corrected chi connectivity index (χ1v) is 6.39. The molecule has 1 atom stereocenters. The summed E-state index contributed by atoms with van der Waals surface area (Å²) in [6.07, 6.45) is 0.672. The van der Waals surface area contributed by atoms with Crippen LogP contribution in [0.15, 0.2) is 12.1 Å². The Labute approximate surface area is 117 Å². The maximum absolute atomic E-state index is 13.9. The number of hydrogen-bond donors (Lipinski definition) is 3. The highest BCUT2D eigenvalue weighted by atomic mass is 19.2. The van der Waals surface area contributed by atoms with Crippen LogP contribution in [-0.2, 0) is 0 Å². The summed E-state index contributed by atoms with van der Waals surface area (Å²) in [7, 11) is 0. The van der Waals surface area contributed by atoms with Crippen LogP contribution in [0.5, 0.6) is 0 Å². The predicted molar refractivity (Wildman–Crippen MR) is 73.9 cm³/mol. The van der Waals surface area contributed by atoms with Gasteiger partial charge < -0.3 is 16.2 Å². The summed E-state index contributed by atoms with van der Waals surface area (Å²) in [6.45, 7) is 6.06. The zero-order valence-electron chi connectivity index (χ0n) is 11.8. The van der Waals surface area contributed by atoms with Gasteiger partial charge in [0.1, 0.15) is 0 Å². The molecule has 0 bridgehead atoms. The molecule has 0 aliphatic carbocycles. The van der Waals surface area contributed by atoms with Gasteiger partial charge in [-0.1, -0.05) is 13.8 Å². The molecule has 0 heterocycles. The maximum Gasteiger partial charge on any atom is 0.338 e. The molecule has 0 amide bonds. The van der Waals surface area contributed by atoms with E-state index in [1.54, 1.807) is 0 Å². The van der Waals surface area contributed by atoms with Gasteiger partial charge in [0.2, 0.25) is 0 Å². The number of hydrogen-bond acceptors (Lipinski definition) is 3. The number of halogens is 2. The third kappa shape index (κ3) is 3.66. The highest BCUT2D eigenvalue weighted by molar-refractivity contribution is 5.88. The van der Waals surface area contributed by atoms with Gasteiger partial charge in [0.15, 0.2) is 11.6 Å². The first-order chi connectivity index (χ1) is 9.20. The van der Waals surface area contributed by atoms with Crippen LogP contribution < -0.4 is 11.1 Å². The average molecular weight is 286 g/mol. The predicted octanol–water partition coefficient (Wildman–Crippen LogP) is 2.84. The van der Waals surface area contributed by atoms with Crippen molar-refractivity contribution in [1.29, 1.82) is 0 Å². The molecule has 0 radical (unpaired) electrons. The van der Waals surface area contributed by atoms with Crippen LogP contribution in [0.3, 0.4) is 0 Å². The standard InChI is InChI=1S/C14H20F2N2O2/c1-8(2)6-14(3,7-17)18-10-5-4-9(13(19)20)11(15)12(10)16/h4-5,8,18H,6-7,17H2,1-3H3,(H,19,20). The number of nitrogens with one attached hydrogen (secondary N) is 1. The van der Waals surface area contributed by atoms with Gasteiger partial charge in [-0.3, -0.25) is 0 Å². The molecule has 1 rings (SSSR count). The molecule has 0 fully saturated rings. The van der Waals surface area contributed by atoms with Gasteiger partial charge in [-0.05, 0) is 31.4 Å². The minimum atomic E-state index is -1.50. The Bertz CT molecular complexity index is 506. The van der Waals surface area contributed by atoms with Crippen molar-refractivity contribution in [2.45, 2.75) is 32.7 Å². The van der Waals surface area contributed by atoms with E-state index in [1.165, 1.54) is 6.07 Å². The van der Waals surface area contributed by atoms with E-state index in [9.17, 15) is 13.6 Å². The second-order valence-electron chi connectivity index (χ2n) is 5.58. The fourth-order valence-corrected chi connectivity index (χ4v) is 2.22. The van der Waals surface area contributed by atoms with Crippen LogP contribution in [-0.4, -0.2) is 23.2 Å². The van der Waals surface area contributed by atoms with Crippen LogP contribution in [0.1, 0.15) is 37.6 Å². The van der Waals surface area contributed by atoms with Gasteiger partial charge >= 0.3 is 5.97 Å². The van der Waals surface area contributed by atoms with E-state index in [2.05, 4.69) is 5.32 Å². The molecule has 0 saturated heterocycles. The van der Waals surface area contributed by atoms with E-state index >= 15 is 0 Å². The Morgan fingerprint density at radius 3 is 2.45 bits per heavy atom. The van der Waals surface area contributed by atoms with Crippen LogP contribution in [0, 0.1) is 17.6 Å². The fourth-order valence-electron chi connectivity index (χ4n) is 2.22. The molecular weight excluding hydrogens is 266 g/mol. The minimum Gasteiger partial charge on any atom is -0.478 e. The largest absolute Gasteiger partial charge is 0.478 e. The molecule has 4 nitrogen and oxygen atoms in total. The summed E-state index contributed by atoms with van der Waals surface area (Å²) in [5.41, 5.74) is 4.33. The summed E-state index contributed by atoms with van der Waals surface area (Å²) in [4.78, 5) is 10.7. The van der Waals surface area contributed by atoms with Crippen molar-refractivity contribution in [3.05, 3.63) is 29.3 Å². The third-order valence-electron chi connectivity index (χ3n) is 3.06. The van der Waals surface area contributed by atoms with Gasteiger partial charge in [-0.25, -0.2) is 13.6 Å². The minimum absolute atomic E-state index is 0.0823. The Kier molecular flexibility index (Phi) is 5.05. The second-order valence-corrected chi connectivity index (χ2v) is 5.58. The molecule has 1 aromatic rings. The Hall–Kier alpha value is -1.69. The first-order valence-electron chi connectivity index (χ1n) is 6.39. The molecule has 4 N–H and O–H groups in total. The Balaban J connectivity index is 3.09. The Morgan fingerprint density at radius 2 is 2.00 bits per heavy atom. The lowest BCUT2D eigenvalue weighted by atomic mass is 9.90. The molecule has 0 saturated carbocycles. The smallest absolute Gasteiger partial charge is 0.338 e. The van der Waals surface area contributed by atoms with Crippen molar-refractivity contribution in [2.75, 3.05) is 11.9 Å². The molecule has 1 unspecified atom stereocenters. The number of rotatable bonds is 6. The Morgan fingerprint density at radius 1 is 1.40 bits per heavy atom. The molecule has 20 heavy (non-hydrogen) atoms. The van der Waals surface area contributed by atoms with E-state index in [-0.39, 0.29) is 12.2 Å². The quantitative estimate of drug-likeness (QED) is 0.751. The molecular formula is C14H20F2N2O2. The van der Waals surface area contributed by atoms with Crippen molar-refractivity contribution in [3.63, 3.8) is 0 Å². The number of benzene rings is 1. The molecule has 0 spiro atoms. The summed E-state index contributed by atoms with van der Waals surface area (Å²) in [6, 6.07) is 2.26. The number of anilines is 1. The number of carboxylic acid groups (broad SMARTS) is 1. The van der Waals surface area contributed by atoms with Gasteiger partial charge in [0.25, 0.3) is 0 Å². The normalized spacial score (nSPS) is 14.2. The highest BCUT2D eigenvalue weighted by Crippen LogP contribution is 2.26. The molecule has 6 heteroatoms. The first kappa shape index (κ1) is 16.4. The van der Waals surface area contributed by atoms with Crippen molar-refractivity contribution in [1.82, 2.24) is 0 Å². The molecule has 0 aliphatic heterocycles. The number of carbonyl (C=O) groups is 1. The fraction of sp³-hybridized carbons (Fsp3) is 0.500. The van der Waals surface area contributed by atoms with Gasteiger partial charge in [0, 0.05) is 12.1 Å². The van der Waals surface area contributed by atoms with Crippen LogP contribution in [0.2, 0.25) is 0 Å². The van der Waals surface area contributed by atoms with Crippen molar-refractivity contribution >= 4 is 11.7 Å². The SMILES string of the molecule is CC(C)CC(C)(CN)Nc1ccc(C(=O)O)c(F)c1F. The van der Waals surface area contributed by atoms with Crippen molar-refractivity contribution < 1.29 is 18.7 Å². The van der Waals surface area contributed by atoms with E-state index < -0.39 is 28.7 Å².